The second-order valence-electron chi connectivity index (χ2n) is 0.564. The fraction of sp³-hybridized carbons (Fsp3) is 0. The molecule has 0 saturated carbocycles. The Balaban J connectivity index is 2.92. The third-order valence-electron chi connectivity index (χ3n) is 0.215. The van der Waals surface area contributed by atoms with Crippen molar-refractivity contribution in [2.45, 2.75) is 0 Å². The topological polar surface area (TPSA) is 17.1 Å². The zero-order chi connectivity index (χ0) is 4.12. The molecule has 1 heteroatoms. The molecular formula is C4H5O. The zero-order valence-corrected chi connectivity index (χ0v) is 2.85. The molecule has 0 atom stereocenters. The molecule has 0 heterocycles. The van der Waals surface area contributed by atoms with Crippen LogP contribution >= 0.6 is 0 Å². The van der Waals surface area contributed by atoms with E-state index in [0.717, 1.165) is 0 Å². The largest absolute Gasteiger partial charge is 0.299 e. The van der Waals surface area contributed by atoms with Gasteiger partial charge in [0.05, 0.1) is 0 Å². The normalized spacial score (nSPS) is 9.00. The summed E-state index contributed by atoms with van der Waals surface area (Å²) >= 11 is 0. The molecule has 0 N–H and O–H groups in total. The van der Waals surface area contributed by atoms with Crippen LogP contribution in [0.5, 0.6) is 0 Å². The van der Waals surface area contributed by atoms with Crippen LogP contribution in [0.4, 0.5) is 0 Å². The molecule has 1 nitrogen and oxygen atoms in total. The van der Waals surface area contributed by atoms with Crippen molar-refractivity contribution in [1.29, 1.82) is 0 Å². The highest BCUT2D eigenvalue weighted by Crippen LogP contribution is 1.54. The summed E-state index contributed by atoms with van der Waals surface area (Å²) in [7, 11) is 0. The van der Waals surface area contributed by atoms with Crippen LogP contribution in [0.15, 0.2) is 12.2 Å². The Kier molecular flexibility index (Phi) is 3.01. The smallest absolute Gasteiger partial charge is 0.142 e. The Morgan fingerprint density at radius 1 is 1.60 bits per heavy atom. The first-order chi connectivity index (χ1) is 2.41. The molecule has 0 aliphatic heterocycles. The summed E-state index contributed by atoms with van der Waals surface area (Å²) in [6, 6.07) is 0. The molecule has 0 spiro atoms. The summed E-state index contributed by atoms with van der Waals surface area (Å²) < 4.78 is 0. The van der Waals surface area contributed by atoms with E-state index in [1.165, 1.54) is 12.2 Å². The average molecular weight is 69.1 g/mol. The van der Waals surface area contributed by atoms with Gasteiger partial charge in [-0.1, -0.05) is 6.08 Å². The van der Waals surface area contributed by atoms with Gasteiger partial charge in [0, 0.05) is 0 Å². The average Bonchev–Trinajstić information content (AvgIpc) is 1.41. The van der Waals surface area contributed by atoms with Crippen molar-refractivity contribution in [3.8, 4) is 0 Å². The quantitative estimate of drug-likeness (QED) is 0.325. The van der Waals surface area contributed by atoms with E-state index < -0.39 is 0 Å². The van der Waals surface area contributed by atoms with Gasteiger partial charge in [0.15, 0.2) is 0 Å². The van der Waals surface area contributed by atoms with Crippen molar-refractivity contribution < 1.29 is 4.79 Å². The maximum Gasteiger partial charge on any atom is 0.142 e. The monoisotopic (exact) mass is 69.0 g/mol. The van der Waals surface area contributed by atoms with Crippen LogP contribution in [0, 0.1) is 6.92 Å². The van der Waals surface area contributed by atoms with Crippen molar-refractivity contribution in [2.24, 2.45) is 0 Å². The fourth-order valence-corrected chi connectivity index (χ4v) is 0.0556. The van der Waals surface area contributed by atoms with Crippen molar-refractivity contribution in [1.82, 2.24) is 0 Å². The molecule has 0 amide bonds. The van der Waals surface area contributed by atoms with Gasteiger partial charge in [-0.3, -0.25) is 4.79 Å². The van der Waals surface area contributed by atoms with Crippen LogP contribution in [0.3, 0.4) is 0 Å². The molecule has 0 aromatic rings. The minimum absolute atomic E-state index is 0.688. The number of aldehydes is 1. The van der Waals surface area contributed by atoms with E-state index in [-0.39, 0.29) is 0 Å². The molecule has 5 heavy (non-hydrogen) atoms. The highest BCUT2D eigenvalue weighted by molar-refractivity contribution is 5.64. The lowest BCUT2D eigenvalue weighted by Crippen LogP contribution is -1.50. The SMILES string of the molecule is [CH2]/C=C/C=O. The summed E-state index contributed by atoms with van der Waals surface area (Å²) in [6.07, 6.45) is 3.46. The zero-order valence-electron chi connectivity index (χ0n) is 2.85. The second-order valence-corrected chi connectivity index (χ2v) is 0.564. The number of rotatable bonds is 1. The predicted molar refractivity (Wildman–Crippen MR) is 20.6 cm³/mol. The van der Waals surface area contributed by atoms with Crippen molar-refractivity contribution in [3.05, 3.63) is 19.1 Å². The van der Waals surface area contributed by atoms with Crippen molar-refractivity contribution >= 4 is 6.29 Å². The molecule has 0 fully saturated rings. The van der Waals surface area contributed by atoms with Gasteiger partial charge < -0.3 is 0 Å². The highest BCUT2D eigenvalue weighted by atomic mass is 16.1. The predicted octanol–water partition coefficient (Wildman–Crippen LogP) is 0.576. The molecule has 1 radical (unpaired) electrons. The van der Waals surface area contributed by atoms with E-state index in [9.17, 15) is 4.79 Å². The lowest BCUT2D eigenvalue weighted by molar-refractivity contribution is -0.104. The van der Waals surface area contributed by atoms with Gasteiger partial charge in [0.25, 0.3) is 0 Å². The number of carbonyl (C=O) groups excluding carboxylic acids is 1. The van der Waals surface area contributed by atoms with Crippen LogP contribution in [-0.4, -0.2) is 6.29 Å². The Morgan fingerprint density at radius 2 is 2.20 bits per heavy atom. The molecule has 0 aromatic carbocycles. The minimum atomic E-state index is 0.688. The summed E-state index contributed by atoms with van der Waals surface area (Å²) in [5, 5.41) is 0. The van der Waals surface area contributed by atoms with Gasteiger partial charge in [0.2, 0.25) is 0 Å². The molecule has 0 bridgehead atoms. The van der Waals surface area contributed by atoms with Gasteiger partial charge in [-0.05, 0) is 13.0 Å². The third-order valence-corrected chi connectivity index (χ3v) is 0.215. The lowest BCUT2D eigenvalue weighted by Gasteiger charge is -1.51. The first-order valence-electron chi connectivity index (χ1n) is 1.31. The number of hydrogen-bond acceptors (Lipinski definition) is 1. The van der Waals surface area contributed by atoms with Crippen LogP contribution in [0.1, 0.15) is 0 Å². The Labute approximate surface area is 31.3 Å². The maximum atomic E-state index is 9.28. The van der Waals surface area contributed by atoms with Crippen molar-refractivity contribution in [3.63, 3.8) is 0 Å². The molecule has 0 aliphatic rings. The van der Waals surface area contributed by atoms with Crippen LogP contribution in [0.2, 0.25) is 0 Å². The van der Waals surface area contributed by atoms with Crippen LogP contribution in [0.25, 0.3) is 0 Å². The Morgan fingerprint density at radius 3 is 2.20 bits per heavy atom. The standard InChI is InChI=1S/C4H5O/c1-2-3-4-5/h2-4H,1H2/b3-2+. The Hall–Kier alpha value is -0.590. The van der Waals surface area contributed by atoms with Gasteiger partial charge in [-0.15, -0.1) is 0 Å². The summed E-state index contributed by atoms with van der Waals surface area (Å²) in [5.41, 5.74) is 0. The van der Waals surface area contributed by atoms with E-state index in [0.29, 0.717) is 6.29 Å². The highest BCUT2D eigenvalue weighted by Gasteiger charge is 1.48. The summed E-state index contributed by atoms with van der Waals surface area (Å²) in [4.78, 5) is 9.28. The Bertz CT molecular complexity index is 45.6. The lowest BCUT2D eigenvalue weighted by atomic mass is 10.6. The summed E-state index contributed by atoms with van der Waals surface area (Å²) in [5.74, 6) is 0. The van der Waals surface area contributed by atoms with Gasteiger partial charge in [-0.2, -0.15) is 0 Å². The van der Waals surface area contributed by atoms with Gasteiger partial charge >= 0.3 is 0 Å². The number of allylic oxidation sites excluding steroid dienone is 2. The molecule has 0 aliphatic carbocycles. The van der Waals surface area contributed by atoms with Gasteiger partial charge in [-0.25, -0.2) is 0 Å². The third kappa shape index (κ3) is 3.41. The molecule has 0 saturated heterocycles. The maximum absolute atomic E-state index is 9.28. The molecule has 27 valence electrons. The fourth-order valence-electron chi connectivity index (χ4n) is 0.0556. The van der Waals surface area contributed by atoms with Crippen LogP contribution in [-0.2, 0) is 4.79 Å². The van der Waals surface area contributed by atoms with Crippen molar-refractivity contribution in [2.75, 3.05) is 0 Å². The van der Waals surface area contributed by atoms with Crippen LogP contribution < -0.4 is 0 Å². The first-order valence-corrected chi connectivity index (χ1v) is 1.31. The molecular weight excluding hydrogens is 64.0 g/mol. The first kappa shape index (κ1) is 4.41. The number of hydrogen-bond donors (Lipinski definition) is 0. The minimum Gasteiger partial charge on any atom is -0.299 e. The summed E-state index contributed by atoms with van der Waals surface area (Å²) in [6.45, 7) is 3.26. The van der Waals surface area contributed by atoms with E-state index in [1.807, 2.05) is 0 Å². The molecule has 0 rings (SSSR count). The van der Waals surface area contributed by atoms with Gasteiger partial charge in [0.1, 0.15) is 6.29 Å². The second kappa shape index (κ2) is 3.41. The molecule has 0 aromatic heterocycles. The van der Waals surface area contributed by atoms with E-state index >= 15 is 0 Å². The van der Waals surface area contributed by atoms with E-state index in [4.69, 9.17) is 0 Å². The molecule has 0 unspecified atom stereocenters. The number of carbonyl (C=O) groups is 1. The van der Waals surface area contributed by atoms with E-state index in [2.05, 4.69) is 6.92 Å². The van der Waals surface area contributed by atoms with E-state index in [1.54, 1.807) is 0 Å².